The second kappa shape index (κ2) is 8.58. The van der Waals surface area contributed by atoms with Gasteiger partial charge in [0.25, 0.3) is 0 Å². The maximum absolute atomic E-state index is 13.5. The van der Waals surface area contributed by atoms with Crippen molar-refractivity contribution >= 4 is 39.8 Å². The van der Waals surface area contributed by atoms with Crippen LogP contribution in [-0.4, -0.2) is 26.7 Å². The molecule has 4 heterocycles. The van der Waals surface area contributed by atoms with Gasteiger partial charge < -0.3 is 13.9 Å². The van der Waals surface area contributed by atoms with E-state index >= 15 is 0 Å². The SMILES string of the molecule is COc1ccc(Cl)cc1-c1nc2c3c(ncn2n1)Oc1c(c(=O)oc2ccccc12)C3c1cccc(Cl)c1. The van der Waals surface area contributed by atoms with Gasteiger partial charge in [-0.1, -0.05) is 47.5 Å². The third kappa shape index (κ3) is 3.45. The molecule has 0 N–H and O–H groups in total. The van der Waals surface area contributed by atoms with Gasteiger partial charge in [-0.05, 0) is 48.0 Å². The van der Waals surface area contributed by atoms with Gasteiger partial charge in [0.15, 0.2) is 17.2 Å². The molecule has 3 aromatic heterocycles. The summed E-state index contributed by atoms with van der Waals surface area (Å²) in [5.74, 6) is 1.00. The number of nitrogens with zero attached hydrogens (tertiary/aromatic N) is 4. The lowest BCUT2D eigenvalue weighted by molar-refractivity contribution is 0.416. The lowest BCUT2D eigenvalue weighted by Gasteiger charge is -2.27. The molecule has 0 amide bonds. The summed E-state index contributed by atoms with van der Waals surface area (Å²) in [6.07, 6.45) is 1.52. The Morgan fingerprint density at radius 1 is 0.974 bits per heavy atom. The number of hydrogen-bond acceptors (Lipinski definition) is 7. The minimum atomic E-state index is -0.636. The summed E-state index contributed by atoms with van der Waals surface area (Å²) in [5.41, 5.74) is 2.61. The van der Waals surface area contributed by atoms with Crippen LogP contribution in [0, 0.1) is 0 Å². The molecule has 1 unspecified atom stereocenters. The summed E-state index contributed by atoms with van der Waals surface area (Å²) in [6.45, 7) is 0. The van der Waals surface area contributed by atoms with E-state index in [4.69, 9.17) is 42.1 Å². The van der Waals surface area contributed by atoms with Gasteiger partial charge in [0.2, 0.25) is 5.88 Å². The highest BCUT2D eigenvalue weighted by molar-refractivity contribution is 6.31. The van der Waals surface area contributed by atoms with E-state index in [2.05, 4.69) is 10.1 Å². The zero-order valence-corrected chi connectivity index (χ0v) is 21.2. The molecule has 7 rings (SSSR count). The van der Waals surface area contributed by atoms with E-state index < -0.39 is 11.5 Å². The van der Waals surface area contributed by atoms with Gasteiger partial charge in [0.1, 0.15) is 17.7 Å². The van der Waals surface area contributed by atoms with E-state index in [0.717, 1.165) is 5.56 Å². The highest BCUT2D eigenvalue weighted by Gasteiger charge is 2.37. The monoisotopic (exact) mass is 542 g/mol. The number of rotatable bonds is 3. The summed E-state index contributed by atoms with van der Waals surface area (Å²) in [5, 5.41) is 6.33. The molecule has 38 heavy (non-hydrogen) atoms. The van der Waals surface area contributed by atoms with Crippen LogP contribution >= 0.6 is 23.2 Å². The quantitative estimate of drug-likeness (QED) is 0.235. The largest absolute Gasteiger partial charge is 0.496 e. The number of aromatic nitrogens is 4. The first-order chi connectivity index (χ1) is 18.5. The zero-order chi connectivity index (χ0) is 26.0. The first-order valence-electron chi connectivity index (χ1n) is 11.6. The van der Waals surface area contributed by atoms with Gasteiger partial charge in [0, 0.05) is 10.0 Å². The van der Waals surface area contributed by atoms with Crippen LogP contribution in [-0.2, 0) is 0 Å². The minimum absolute atomic E-state index is 0.308. The minimum Gasteiger partial charge on any atom is -0.496 e. The smallest absolute Gasteiger partial charge is 0.344 e. The summed E-state index contributed by atoms with van der Waals surface area (Å²) < 4.78 is 19.1. The average molecular weight is 543 g/mol. The van der Waals surface area contributed by atoms with E-state index in [1.807, 2.05) is 24.3 Å². The Bertz CT molecular complexity index is 1970. The van der Waals surface area contributed by atoms with E-state index in [-0.39, 0.29) is 0 Å². The van der Waals surface area contributed by atoms with Crippen LogP contribution in [0.25, 0.3) is 28.0 Å². The fourth-order valence-corrected chi connectivity index (χ4v) is 5.29. The van der Waals surface area contributed by atoms with Crippen molar-refractivity contribution in [1.82, 2.24) is 19.6 Å². The van der Waals surface area contributed by atoms with Crippen LogP contribution in [0.3, 0.4) is 0 Å². The van der Waals surface area contributed by atoms with Crippen molar-refractivity contribution in [2.24, 2.45) is 0 Å². The maximum Gasteiger partial charge on any atom is 0.344 e. The van der Waals surface area contributed by atoms with Crippen LogP contribution < -0.4 is 15.1 Å². The molecule has 0 aliphatic carbocycles. The molecule has 0 fully saturated rings. The maximum atomic E-state index is 13.5. The second-order valence-corrected chi connectivity index (χ2v) is 9.60. The molecular formula is C28H16Cl2N4O4. The van der Waals surface area contributed by atoms with Crippen molar-refractivity contribution < 1.29 is 13.9 Å². The van der Waals surface area contributed by atoms with E-state index in [9.17, 15) is 4.79 Å². The molecule has 186 valence electrons. The summed E-state index contributed by atoms with van der Waals surface area (Å²) in [7, 11) is 1.56. The van der Waals surface area contributed by atoms with Crippen LogP contribution in [0.2, 0.25) is 10.0 Å². The first-order valence-corrected chi connectivity index (χ1v) is 12.4. The molecule has 3 aromatic carbocycles. The van der Waals surface area contributed by atoms with Crippen molar-refractivity contribution in [3.8, 4) is 28.8 Å². The molecule has 6 aromatic rings. The topological polar surface area (TPSA) is 91.8 Å². The van der Waals surface area contributed by atoms with Crippen molar-refractivity contribution in [1.29, 1.82) is 0 Å². The molecule has 0 saturated carbocycles. The standard InChI is InChI=1S/C28H16Cl2N4O4/c1-36-19-10-9-16(30)12-18(19)25-32-26-23-21(14-5-4-6-15(29)11-14)22-24(38-27(23)31-13-34(26)33-25)17-7-2-3-8-20(17)37-28(22)35/h2-13,21H,1H3. The molecule has 0 saturated heterocycles. The van der Waals surface area contributed by atoms with Gasteiger partial charge in [-0.3, -0.25) is 0 Å². The fourth-order valence-electron chi connectivity index (χ4n) is 4.92. The molecule has 8 nitrogen and oxygen atoms in total. The molecular weight excluding hydrogens is 527 g/mol. The highest BCUT2D eigenvalue weighted by atomic mass is 35.5. The van der Waals surface area contributed by atoms with E-state index in [0.29, 0.717) is 66.6 Å². The van der Waals surface area contributed by atoms with E-state index in [1.54, 1.807) is 54.1 Å². The molecule has 0 bridgehead atoms. The Hall–Kier alpha value is -4.40. The summed E-state index contributed by atoms with van der Waals surface area (Å²) in [4.78, 5) is 22.9. The van der Waals surface area contributed by atoms with Crippen LogP contribution in [0.15, 0.2) is 82.3 Å². The van der Waals surface area contributed by atoms with Crippen LogP contribution in [0.1, 0.15) is 22.6 Å². The predicted molar refractivity (Wildman–Crippen MR) is 143 cm³/mol. The van der Waals surface area contributed by atoms with Crippen molar-refractivity contribution in [3.63, 3.8) is 0 Å². The number of fused-ring (bicyclic) bond motifs is 6. The molecule has 1 atom stereocenters. The third-order valence-corrected chi connectivity index (χ3v) is 7.02. The fraction of sp³-hybridized carbons (Fsp3) is 0.0714. The highest BCUT2D eigenvalue weighted by Crippen LogP contribution is 2.49. The number of halogens is 2. The summed E-state index contributed by atoms with van der Waals surface area (Å²) in [6, 6.07) is 19.7. The molecule has 0 radical (unpaired) electrons. The number of para-hydroxylation sites is 1. The van der Waals surface area contributed by atoms with Gasteiger partial charge in [0.05, 0.1) is 35.1 Å². The van der Waals surface area contributed by atoms with Crippen molar-refractivity contribution in [3.05, 3.63) is 110 Å². The molecule has 1 aliphatic heterocycles. The average Bonchev–Trinajstić information content (AvgIpc) is 3.36. The predicted octanol–water partition coefficient (Wildman–Crippen LogP) is 6.50. The van der Waals surface area contributed by atoms with Gasteiger partial charge in [-0.25, -0.2) is 19.3 Å². The number of hydrogen-bond donors (Lipinski definition) is 0. The Labute approximate surface area is 225 Å². The van der Waals surface area contributed by atoms with Crippen molar-refractivity contribution in [2.45, 2.75) is 5.92 Å². The summed E-state index contributed by atoms with van der Waals surface area (Å²) >= 11 is 12.7. The Balaban J connectivity index is 1.55. The number of methoxy groups -OCH3 is 1. The molecule has 10 heteroatoms. The van der Waals surface area contributed by atoms with Gasteiger partial charge in [-0.2, -0.15) is 0 Å². The van der Waals surface area contributed by atoms with E-state index in [1.165, 1.54) is 6.33 Å². The second-order valence-electron chi connectivity index (χ2n) is 8.73. The normalized spacial score (nSPS) is 14.2. The van der Waals surface area contributed by atoms with Gasteiger partial charge in [-0.15, -0.1) is 5.10 Å². The molecule has 1 aliphatic rings. The van der Waals surface area contributed by atoms with Crippen LogP contribution in [0.5, 0.6) is 17.4 Å². The first kappa shape index (κ1) is 22.8. The zero-order valence-electron chi connectivity index (χ0n) is 19.7. The molecule has 0 spiro atoms. The third-order valence-electron chi connectivity index (χ3n) is 6.55. The van der Waals surface area contributed by atoms with Crippen molar-refractivity contribution in [2.75, 3.05) is 7.11 Å². The Morgan fingerprint density at radius 3 is 2.66 bits per heavy atom. The lowest BCUT2D eigenvalue weighted by Crippen LogP contribution is -2.22. The van der Waals surface area contributed by atoms with Gasteiger partial charge >= 0.3 is 5.63 Å². The number of benzene rings is 3. The Morgan fingerprint density at radius 2 is 1.82 bits per heavy atom. The Kier molecular flexibility index (Phi) is 5.14. The number of ether oxygens (including phenoxy) is 2. The lowest BCUT2D eigenvalue weighted by atomic mass is 9.84. The van der Waals surface area contributed by atoms with Crippen LogP contribution in [0.4, 0.5) is 0 Å².